The van der Waals surface area contributed by atoms with E-state index >= 15 is 0 Å². The summed E-state index contributed by atoms with van der Waals surface area (Å²) in [6.07, 6.45) is -0.683. The molecule has 0 saturated heterocycles. The standard InChI is InChI=1S/C21H23N3O4/c1-13-19(15-10-11-17(26-3)18(12-15)27-4)20(24-23-13)22-21(25)14(2)28-16-8-6-5-7-9-16/h5-12,14H,1-4H3,(H2,22,23,24,25). The number of aryl methyl sites for hydroxylation is 1. The van der Waals surface area contributed by atoms with Gasteiger partial charge in [0.25, 0.3) is 5.91 Å². The average molecular weight is 381 g/mol. The van der Waals surface area contributed by atoms with Gasteiger partial charge in [0.1, 0.15) is 5.75 Å². The lowest BCUT2D eigenvalue weighted by molar-refractivity contribution is -0.122. The van der Waals surface area contributed by atoms with E-state index < -0.39 is 6.10 Å². The van der Waals surface area contributed by atoms with Gasteiger partial charge in [0.2, 0.25) is 0 Å². The third-order valence-electron chi connectivity index (χ3n) is 4.29. The molecule has 1 atom stereocenters. The summed E-state index contributed by atoms with van der Waals surface area (Å²) >= 11 is 0. The van der Waals surface area contributed by atoms with Gasteiger partial charge in [-0.25, -0.2) is 0 Å². The Morgan fingerprint density at radius 1 is 1.07 bits per heavy atom. The summed E-state index contributed by atoms with van der Waals surface area (Å²) in [5.74, 6) is 1.99. The smallest absolute Gasteiger partial charge is 0.266 e. The zero-order valence-electron chi connectivity index (χ0n) is 16.3. The van der Waals surface area contributed by atoms with E-state index in [1.54, 1.807) is 33.3 Å². The van der Waals surface area contributed by atoms with Crippen molar-refractivity contribution in [2.45, 2.75) is 20.0 Å². The van der Waals surface area contributed by atoms with Crippen molar-refractivity contribution in [2.24, 2.45) is 0 Å². The normalized spacial score (nSPS) is 11.6. The highest BCUT2D eigenvalue weighted by Crippen LogP contribution is 2.36. The number of nitrogens with zero attached hydrogens (tertiary/aromatic N) is 1. The predicted octanol–water partition coefficient (Wildman–Crippen LogP) is 3.81. The van der Waals surface area contributed by atoms with Crippen molar-refractivity contribution < 1.29 is 19.0 Å². The number of rotatable bonds is 7. The highest BCUT2D eigenvalue weighted by atomic mass is 16.5. The van der Waals surface area contributed by atoms with Gasteiger partial charge < -0.3 is 19.5 Å². The van der Waals surface area contributed by atoms with Gasteiger partial charge in [0.15, 0.2) is 23.4 Å². The van der Waals surface area contributed by atoms with Crippen LogP contribution < -0.4 is 19.5 Å². The molecule has 1 amide bonds. The minimum Gasteiger partial charge on any atom is -0.493 e. The largest absolute Gasteiger partial charge is 0.493 e. The number of aromatic nitrogens is 2. The maximum atomic E-state index is 12.6. The van der Waals surface area contributed by atoms with E-state index in [1.807, 2.05) is 43.3 Å². The minimum absolute atomic E-state index is 0.294. The molecule has 1 unspecified atom stereocenters. The Bertz CT molecular complexity index is 954. The molecule has 3 rings (SSSR count). The van der Waals surface area contributed by atoms with E-state index in [4.69, 9.17) is 14.2 Å². The number of ether oxygens (including phenoxy) is 3. The number of carbonyl (C=O) groups is 1. The summed E-state index contributed by atoms with van der Waals surface area (Å²) < 4.78 is 16.3. The molecular formula is C21H23N3O4. The van der Waals surface area contributed by atoms with E-state index in [1.165, 1.54) is 0 Å². The molecule has 7 nitrogen and oxygen atoms in total. The van der Waals surface area contributed by atoms with Crippen molar-refractivity contribution in [2.75, 3.05) is 19.5 Å². The summed E-state index contributed by atoms with van der Waals surface area (Å²) in [6.45, 7) is 3.58. The molecule has 1 aromatic heterocycles. The molecular weight excluding hydrogens is 358 g/mol. The van der Waals surface area contributed by atoms with Crippen molar-refractivity contribution in [3.05, 3.63) is 54.2 Å². The minimum atomic E-state index is -0.683. The molecule has 2 aromatic carbocycles. The van der Waals surface area contributed by atoms with Gasteiger partial charge in [-0.15, -0.1) is 0 Å². The summed E-state index contributed by atoms with van der Waals surface area (Å²) in [6, 6.07) is 14.7. The summed E-state index contributed by atoms with van der Waals surface area (Å²) in [4.78, 5) is 12.6. The van der Waals surface area contributed by atoms with Crippen LogP contribution in [0.3, 0.4) is 0 Å². The van der Waals surface area contributed by atoms with Crippen molar-refractivity contribution in [3.63, 3.8) is 0 Å². The van der Waals surface area contributed by atoms with E-state index in [2.05, 4.69) is 15.5 Å². The SMILES string of the molecule is COc1ccc(-c2c(NC(=O)C(C)Oc3ccccc3)n[nH]c2C)cc1OC. The molecule has 0 radical (unpaired) electrons. The van der Waals surface area contributed by atoms with Crippen LogP contribution >= 0.6 is 0 Å². The van der Waals surface area contributed by atoms with Crippen LogP contribution in [0.4, 0.5) is 5.82 Å². The highest BCUT2D eigenvalue weighted by molar-refractivity contribution is 5.97. The lowest BCUT2D eigenvalue weighted by Crippen LogP contribution is -2.30. The molecule has 28 heavy (non-hydrogen) atoms. The van der Waals surface area contributed by atoms with Gasteiger partial charge in [0.05, 0.1) is 14.2 Å². The number of carbonyl (C=O) groups excluding carboxylic acids is 1. The van der Waals surface area contributed by atoms with Crippen LogP contribution in [0.1, 0.15) is 12.6 Å². The number of nitrogens with one attached hydrogen (secondary N) is 2. The van der Waals surface area contributed by atoms with Crippen LogP contribution in [-0.4, -0.2) is 36.4 Å². The monoisotopic (exact) mass is 381 g/mol. The van der Waals surface area contributed by atoms with E-state index in [9.17, 15) is 4.79 Å². The number of para-hydroxylation sites is 1. The number of aromatic amines is 1. The quantitative estimate of drug-likeness (QED) is 0.650. The first-order chi connectivity index (χ1) is 13.5. The third kappa shape index (κ3) is 4.09. The molecule has 0 aliphatic rings. The lowest BCUT2D eigenvalue weighted by atomic mass is 10.0. The number of amides is 1. The Balaban J connectivity index is 1.82. The van der Waals surface area contributed by atoms with Gasteiger partial charge in [0, 0.05) is 11.3 Å². The van der Waals surface area contributed by atoms with E-state index in [0.717, 1.165) is 16.8 Å². The van der Waals surface area contributed by atoms with Crippen LogP contribution in [0.5, 0.6) is 17.2 Å². The molecule has 7 heteroatoms. The maximum Gasteiger partial charge on any atom is 0.266 e. The number of hydrogen-bond acceptors (Lipinski definition) is 5. The zero-order valence-corrected chi connectivity index (χ0v) is 16.3. The molecule has 0 aliphatic carbocycles. The van der Waals surface area contributed by atoms with Crippen molar-refractivity contribution >= 4 is 11.7 Å². The Kier molecular flexibility index (Phi) is 5.84. The Labute approximate surface area is 163 Å². The van der Waals surface area contributed by atoms with Crippen molar-refractivity contribution in [3.8, 4) is 28.4 Å². The summed E-state index contributed by atoms with van der Waals surface area (Å²) in [7, 11) is 3.16. The second-order valence-corrected chi connectivity index (χ2v) is 6.20. The van der Waals surface area contributed by atoms with Crippen molar-refractivity contribution in [1.82, 2.24) is 10.2 Å². The maximum absolute atomic E-state index is 12.6. The summed E-state index contributed by atoms with van der Waals surface area (Å²) in [5.41, 5.74) is 2.44. The molecule has 0 fully saturated rings. The van der Waals surface area contributed by atoms with Crippen LogP contribution in [0.25, 0.3) is 11.1 Å². The molecule has 3 aromatic rings. The van der Waals surface area contributed by atoms with Crippen LogP contribution in [-0.2, 0) is 4.79 Å². The fourth-order valence-electron chi connectivity index (χ4n) is 2.84. The Morgan fingerprint density at radius 2 is 1.79 bits per heavy atom. The second-order valence-electron chi connectivity index (χ2n) is 6.20. The Hall–Kier alpha value is -3.48. The average Bonchev–Trinajstić information content (AvgIpc) is 3.08. The third-order valence-corrected chi connectivity index (χ3v) is 4.29. The van der Waals surface area contributed by atoms with Crippen molar-refractivity contribution in [1.29, 1.82) is 0 Å². The van der Waals surface area contributed by atoms with Gasteiger partial charge in [-0.3, -0.25) is 9.89 Å². The number of hydrogen-bond donors (Lipinski definition) is 2. The van der Waals surface area contributed by atoms with Crippen LogP contribution in [0.15, 0.2) is 48.5 Å². The number of benzene rings is 2. The summed E-state index contributed by atoms with van der Waals surface area (Å²) in [5, 5.41) is 9.99. The predicted molar refractivity (Wildman–Crippen MR) is 107 cm³/mol. The van der Waals surface area contributed by atoms with E-state index in [0.29, 0.717) is 23.1 Å². The fraction of sp³-hybridized carbons (Fsp3) is 0.238. The number of H-pyrrole nitrogens is 1. The van der Waals surface area contributed by atoms with Gasteiger partial charge >= 0.3 is 0 Å². The first kappa shape index (κ1) is 19.3. The topological polar surface area (TPSA) is 85.5 Å². The van der Waals surface area contributed by atoms with Crippen LogP contribution in [0.2, 0.25) is 0 Å². The molecule has 0 aliphatic heterocycles. The van der Waals surface area contributed by atoms with E-state index in [-0.39, 0.29) is 5.91 Å². The molecule has 0 spiro atoms. The first-order valence-corrected chi connectivity index (χ1v) is 8.83. The van der Waals surface area contributed by atoms with Gasteiger partial charge in [-0.05, 0) is 43.7 Å². The molecule has 0 bridgehead atoms. The lowest BCUT2D eigenvalue weighted by Gasteiger charge is -2.15. The zero-order chi connectivity index (χ0) is 20.1. The van der Waals surface area contributed by atoms with Crippen LogP contribution in [0, 0.1) is 6.92 Å². The van der Waals surface area contributed by atoms with Gasteiger partial charge in [-0.1, -0.05) is 24.3 Å². The molecule has 1 heterocycles. The highest BCUT2D eigenvalue weighted by Gasteiger charge is 2.20. The molecule has 146 valence electrons. The van der Waals surface area contributed by atoms with Gasteiger partial charge in [-0.2, -0.15) is 5.10 Å². The second kappa shape index (κ2) is 8.47. The molecule has 2 N–H and O–H groups in total. The molecule has 0 saturated carbocycles. The Morgan fingerprint density at radius 3 is 2.46 bits per heavy atom. The number of methoxy groups -OCH3 is 2. The number of anilines is 1. The fourth-order valence-corrected chi connectivity index (χ4v) is 2.84. The first-order valence-electron chi connectivity index (χ1n) is 8.83.